The molecule has 0 saturated heterocycles. The fourth-order valence-corrected chi connectivity index (χ4v) is 2.51. The first-order chi connectivity index (χ1) is 14.6. The Labute approximate surface area is 173 Å². The highest BCUT2D eigenvalue weighted by Crippen LogP contribution is 2.20. The van der Waals surface area contributed by atoms with E-state index in [1.54, 1.807) is 55.6 Å². The summed E-state index contributed by atoms with van der Waals surface area (Å²) in [6, 6.07) is 16.0. The molecule has 2 aromatic carbocycles. The van der Waals surface area contributed by atoms with E-state index in [1.165, 1.54) is 6.08 Å². The number of carbonyl (C=O) groups excluding carboxylic acids is 1. The lowest BCUT2D eigenvalue weighted by Gasteiger charge is -2.03. The van der Waals surface area contributed by atoms with Crippen LogP contribution in [0.1, 0.15) is 18.4 Å². The predicted octanol–water partition coefficient (Wildman–Crippen LogP) is 3.79. The van der Waals surface area contributed by atoms with Crippen LogP contribution in [-0.4, -0.2) is 29.8 Å². The largest absolute Gasteiger partial charge is 0.497 e. The predicted molar refractivity (Wildman–Crippen MR) is 107 cm³/mol. The van der Waals surface area contributed by atoms with Crippen LogP contribution in [0.15, 0.2) is 58.6 Å². The molecule has 0 aliphatic rings. The zero-order chi connectivity index (χ0) is 21.3. The Balaban J connectivity index is 1.62. The van der Waals surface area contributed by atoms with Gasteiger partial charge in [-0.2, -0.15) is 10.2 Å². The summed E-state index contributed by atoms with van der Waals surface area (Å²) in [5.74, 6) is 1.11. The van der Waals surface area contributed by atoms with E-state index in [1.807, 2.05) is 13.0 Å². The molecule has 0 aliphatic heterocycles. The second-order valence-electron chi connectivity index (χ2n) is 5.99. The maximum absolute atomic E-state index is 12.2. The monoisotopic (exact) mass is 405 g/mol. The van der Waals surface area contributed by atoms with Crippen molar-refractivity contribution in [1.29, 1.82) is 5.26 Å². The lowest BCUT2D eigenvalue weighted by molar-refractivity contribution is -0.140. The molecule has 3 rings (SSSR count). The van der Waals surface area contributed by atoms with Crippen LogP contribution in [0, 0.1) is 11.3 Å². The normalized spacial score (nSPS) is 10.9. The summed E-state index contributed by atoms with van der Waals surface area (Å²) >= 11 is 0. The molecule has 0 N–H and O–H groups in total. The van der Waals surface area contributed by atoms with E-state index in [2.05, 4.69) is 10.1 Å². The molecule has 0 bridgehead atoms. The molecule has 0 atom stereocenters. The second kappa shape index (κ2) is 9.89. The molecule has 3 aromatic rings. The van der Waals surface area contributed by atoms with Gasteiger partial charge in [0, 0.05) is 5.56 Å². The van der Waals surface area contributed by atoms with E-state index in [-0.39, 0.29) is 18.1 Å². The van der Waals surface area contributed by atoms with Gasteiger partial charge in [0.2, 0.25) is 5.82 Å². The number of rotatable bonds is 8. The van der Waals surface area contributed by atoms with Crippen molar-refractivity contribution in [2.75, 3.05) is 13.7 Å². The van der Waals surface area contributed by atoms with Gasteiger partial charge in [-0.15, -0.1) is 0 Å². The van der Waals surface area contributed by atoms with Crippen LogP contribution < -0.4 is 9.47 Å². The summed E-state index contributed by atoms with van der Waals surface area (Å²) in [5, 5.41) is 13.2. The van der Waals surface area contributed by atoms with Crippen molar-refractivity contribution in [1.82, 2.24) is 10.1 Å². The molecule has 0 spiro atoms. The van der Waals surface area contributed by atoms with Gasteiger partial charge < -0.3 is 18.7 Å². The highest BCUT2D eigenvalue weighted by atomic mass is 16.6. The van der Waals surface area contributed by atoms with Gasteiger partial charge in [0.05, 0.1) is 13.7 Å². The number of nitrogens with zero attached hydrogens (tertiary/aromatic N) is 3. The van der Waals surface area contributed by atoms with Gasteiger partial charge in [0.15, 0.2) is 6.61 Å². The van der Waals surface area contributed by atoms with Crippen molar-refractivity contribution >= 4 is 12.0 Å². The van der Waals surface area contributed by atoms with Crippen LogP contribution in [0.3, 0.4) is 0 Å². The molecule has 8 nitrogen and oxygen atoms in total. The molecule has 0 fully saturated rings. The maximum atomic E-state index is 12.2. The standard InChI is InChI=1S/C22H19N3O5/c1-3-28-19-8-4-15(5-9-19)12-17(13-23)22(26)29-14-20-24-21(25-30-20)16-6-10-18(27-2)11-7-16/h4-12H,3,14H2,1-2H3/b17-12+. The van der Waals surface area contributed by atoms with Crippen molar-refractivity contribution in [2.45, 2.75) is 13.5 Å². The molecule has 0 radical (unpaired) electrons. The molecule has 1 heterocycles. The molecule has 152 valence electrons. The van der Waals surface area contributed by atoms with Crippen LogP contribution in [-0.2, 0) is 16.1 Å². The Bertz CT molecular complexity index is 1060. The highest BCUT2D eigenvalue weighted by molar-refractivity contribution is 5.97. The van der Waals surface area contributed by atoms with E-state index >= 15 is 0 Å². The third kappa shape index (κ3) is 5.23. The summed E-state index contributed by atoms with van der Waals surface area (Å²) in [6.45, 7) is 2.20. The van der Waals surface area contributed by atoms with E-state index < -0.39 is 5.97 Å². The Morgan fingerprint density at radius 1 is 1.13 bits per heavy atom. The maximum Gasteiger partial charge on any atom is 0.349 e. The summed E-state index contributed by atoms with van der Waals surface area (Å²) in [4.78, 5) is 16.4. The summed E-state index contributed by atoms with van der Waals surface area (Å²) in [6.07, 6.45) is 1.44. The fraction of sp³-hybridized carbons (Fsp3) is 0.182. The highest BCUT2D eigenvalue weighted by Gasteiger charge is 2.15. The minimum absolute atomic E-state index is 0.118. The summed E-state index contributed by atoms with van der Waals surface area (Å²) < 4.78 is 20.7. The second-order valence-corrected chi connectivity index (χ2v) is 5.99. The third-order valence-electron chi connectivity index (χ3n) is 3.99. The fourth-order valence-electron chi connectivity index (χ4n) is 2.51. The molecular weight excluding hydrogens is 386 g/mol. The Kier molecular flexibility index (Phi) is 6.79. The number of ether oxygens (including phenoxy) is 3. The van der Waals surface area contributed by atoms with Crippen LogP contribution in [0.4, 0.5) is 0 Å². The smallest absolute Gasteiger partial charge is 0.349 e. The van der Waals surface area contributed by atoms with Crippen molar-refractivity contribution in [2.24, 2.45) is 0 Å². The molecule has 0 saturated carbocycles. The summed E-state index contributed by atoms with van der Waals surface area (Å²) in [7, 11) is 1.58. The minimum Gasteiger partial charge on any atom is -0.497 e. The lowest BCUT2D eigenvalue weighted by atomic mass is 10.1. The average molecular weight is 405 g/mol. The van der Waals surface area contributed by atoms with Gasteiger partial charge in [0.1, 0.15) is 23.1 Å². The van der Waals surface area contributed by atoms with Gasteiger partial charge >= 0.3 is 5.97 Å². The number of hydrogen-bond acceptors (Lipinski definition) is 8. The zero-order valence-corrected chi connectivity index (χ0v) is 16.5. The zero-order valence-electron chi connectivity index (χ0n) is 16.5. The first kappa shape index (κ1) is 20.6. The Hall–Kier alpha value is -4.12. The minimum atomic E-state index is -0.782. The molecule has 1 aromatic heterocycles. The van der Waals surface area contributed by atoms with Crippen LogP contribution in [0.2, 0.25) is 0 Å². The van der Waals surface area contributed by atoms with Gasteiger partial charge in [-0.25, -0.2) is 4.79 Å². The number of benzene rings is 2. The molecule has 30 heavy (non-hydrogen) atoms. The van der Waals surface area contributed by atoms with Crippen LogP contribution >= 0.6 is 0 Å². The molecule has 8 heteroatoms. The number of carbonyl (C=O) groups is 1. The molecular formula is C22H19N3O5. The number of nitriles is 1. The molecule has 0 amide bonds. The van der Waals surface area contributed by atoms with Gasteiger partial charge in [-0.1, -0.05) is 17.3 Å². The van der Waals surface area contributed by atoms with Crippen molar-refractivity contribution in [3.8, 4) is 29.0 Å². The average Bonchev–Trinajstić information content (AvgIpc) is 3.26. The SMILES string of the molecule is CCOc1ccc(/C=C(\C#N)C(=O)OCc2nc(-c3ccc(OC)cc3)no2)cc1. The van der Waals surface area contributed by atoms with Crippen molar-refractivity contribution < 1.29 is 23.5 Å². The molecule has 0 aliphatic carbocycles. The number of esters is 1. The summed E-state index contributed by atoms with van der Waals surface area (Å²) in [5.41, 5.74) is 1.26. The topological polar surface area (TPSA) is 107 Å². The number of methoxy groups -OCH3 is 1. The first-order valence-electron chi connectivity index (χ1n) is 9.11. The van der Waals surface area contributed by atoms with Gasteiger partial charge in [-0.3, -0.25) is 0 Å². The first-order valence-corrected chi connectivity index (χ1v) is 9.11. The van der Waals surface area contributed by atoms with Crippen LogP contribution in [0.25, 0.3) is 17.5 Å². The van der Waals surface area contributed by atoms with Crippen LogP contribution in [0.5, 0.6) is 11.5 Å². The van der Waals surface area contributed by atoms with Gasteiger partial charge in [0.25, 0.3) is 5.89 Å². The van der Waals surface area contributed by atoms with Crippen molar-refractivity contribution in [3.05, 3.63) is 65.6 Å². The lowest BCUT2D eigenvalue weighted by Crippen LogP contribution is -2.07. The molecule has 0 unspecified atom stereocenters. The number of aromatic nitrogens is 2. The quantitative estimate of drug-likeness (QED) is 0.316. The third-order valence-corrected chi connectivity index (χ3v) is 3.99. The van der Waals surface area contributed by atoms with E-state index in [9.17, 15) is 10.1 Å². The van der Waals surface area contributed by atoms with Crippen molar-refractivity contribution in [3.63, 3.8) is 0 Å². The van der Waals surface area contributed by atoms with E-state index in [4.69, 9.17) is 18.7 Å². The Morgan fingerprint density at radius 2 is 1.83 bits per heavy atom. The van der Waals surface area contributed by atoms with Gasteiger partial charge in [-0.05, 0) is 55.0 Å². The number of hydrogen-bond donors (Lipinski definition) is 0. The Morgan fingerprint density at radius 3 is 2.47 bits per heavy atom. The van der Waals surface area contributed by atoms with E-state index in [0.717, 1.165) is 5.56 Å². The van der Waals surface area contributed by atoms with E-state index in [0.29, 0.717) is 29.5 Å².